The van der Waals surface area contributed by atoms with E-state index in [1.807, 2.05) is 23.0 Å². The molecule has 0 bridgehead atoms. The van der Waals surface area contributed by atoms with E-state index >= 15 is 0 Å². The predicted molar refractivity (Wildman–Crippen MR) is 65.9 cm³/mol. The van der Waals surface area contributed by atoms with Gasteiger partial charge in [0, 0.05) is 16.0 Å². The average Bonchev–Trinajstić information content (AvgIpc) is 2.65. The highest BCUT2D eigenvalue weighted by Crippen LogP contribution is 2.12. The Morgan fingerprint density at radius 1 is 1.33 bits per heavy atom. The minimum atomic E-state index is 0.742. The fourth-order valence-electron chi connectivity index (χ4n) is 1.30. The first-order valence-electron chi connectivity index (χ1n) is 4.47. The molecule has 78 valence electrons. The molecule has 0 saturated heterocycles. The predicted octanol–water partition coefficient (Wildman–Crippen LogP) is 2.98. The molecule has 0 aliphatic carbocycles. The summed E-state index contributed by atoms with van der Waals surface area (Å²) >= 11 is 6.79. The van der Waals surface area contributed by atoms with Crippen molar-refractivity contribution in [2.45, 2.75) is 11.9 Å². The van der Waals surface area contributed by atoms with Crippen LogP contribution in [0.3, 0.4) is 0 Å². The van der Waals surface area contributed by atoms with Crippen molar-refractivity contribution in [1.82, 2.24) is 15.0 Å². The Bertz CT molecular complexity index is 453. The van der Waals surface area contributed by atoms with Crippen LogP contribution in [0.25, 0.3) is 0 Å². The molecule has 2 rings (SSSR count). The van der Waals surface area contributed by atoms with Gasteiger partial charge in [-0.3, -0.25) is 0 Å². The highest BCUT2D eigenvalue weighted by atomic mass is 79.9. The van der Waals surface area contributed by atoms with Crippen LogP contribution in [0.4, 0.5) is 0 Å². The van der Waals surface area contributed by atoms with Crippen molar-refractivity contribution in [3.8, 4) is 0 Å². The summed E-state index contributed by atoms with van der Waals surface area (Å²) in [6.07, 6.45) is 1.94. The van der Waals surface area contributed by atoms with E-state index in [4.69, 9.17) is 0 Å². The molecule has 2 aromatic rings. The monoisotopic (exact) mass is 329 g/mol. The molecule has 5 heteroatoms. The van der Waals surface area contributed by atoms with E-state index in [1.54, 1.807) is 0 Å². The summed E-state index contributed by atoms with van der Waals surface area (Å²) in [6, 6.07) is 8.17. The first-order chi connectivity index (χ1) is 7.28. The largest absolute Gasteiger partial charge is 0.248 e. The Morgan fingerprint density at radius 3 is 2.87 bits per heavy atom. The van der Waals surface area contributed by atoms with Crippen molar-refractivity contribution >= 4 is 31.9 Å². The molecule has 15 heavy (non-hydrogen) atoms. The standard InChI is InChI=1S/C10H9Br2N3/c11-5-10-7-15(14-13-10)6-8-2-1-3-9(12)4-8/h1-4,7H,5-6H2. The Labute approximate surface area is 105 Å². The van der Waals surface area contributed by atoms with Crippen LogP contribution in [-0.2, 0) is 11.9 Å². The zero-order chi connectivity index (χ0) is 10.7. The summed E-state index contributed by atoms with van der Waals surface area (Å²) in [5, 5.41) is 8.78. The first-order valence-corrected chi connectivity index (χ1v) is 6.39. The molecule has 1 heterocycles. The number of hydrogen-bond acceptors (Lipinski definition) is 2. The van der Waals surface area contributed by atoms with Crippen molar-refractivity contribution in [2.75, 3.05) is 0 Å². The van der Waals surface area contributed by atoms with E-state index in [0.29, 0.717) is 0 Å². The molecular formula is C10H9Br2N3. The molecule has 0 N–H and O–H groups in total. The van der Waals surface area contributed by atoms with Gasteiger partial charge in [-0.15, -0.1) is 5.10 Å². The lowest BCUT2D eigenvalue weighted by Gasteiger charge is -2.00. The van der Waals surface area contributed by atoms with Gasteiger partial charge in [-0.2, -0.15) is 0 Å². The third kappa shape index (κ3) is 2.89. The minimum absolute atomic E-state index is 0.742. The molecule has 0 unspecified atom stereocenters. The SMILES string of the molecule is BrCc1cn(Cc2cccc(Br)c2)nn1. The molecule has 1 aromatic heterocycles. The van der Waals surface area contributed by atoms with Crippen LogP contribution >= 0.6 is 31.9 Å². The number of rotatable bonds is 3. The van der Waals surface area contributed by atoms with Gasteiger partial charge in [-0.25, -0.2) is 4.68 Å². The zero-order valence-electron chi connectivity index (χ0n) is 7.90. The molecule has 0 spiro atoms. The summed E-state index contributed by atoms with van der Waals surface area (Å²) in [6.45, 7) is 0.749. The Kier molecular flexibility index (Phi) is 3.53. The Morgan fingerprint density at radius 2 is 2.20 bits per heavy atom. The number of benzene rings is 1. The van der Waals surface area contributed by atoms with E-state index in [-0.39, 0.29) is 0 Å². The quantitative estimate of drug-likeness (QED) is 0.810. The maximum atomic E-state index is 4.03. The fourth-order valence-corrected chi connectivity index (χ4v) is 2.00. The minimum Gasteiger partial charge on any atom is -0.248 e. The van der Waals surface area contributed by atoms with Gasteiger partial charge in [0.15, 0.2) is 0 Å². The molecule has 0 atom stereocenters. The van der Waals surface area contributed by atoms with Gasteiger partial charge in [-0.1, -0.05) is 49.2 Å². The second-order valence-corrected chi connectivity index (χ2v) is 4.65. The van der Waals surface area contributed by atoms with Gasteiger partial charge in [0.2, 0.25) is 0 Å². The summed E-state index contributed by atoms with van der Waals surface area (Å²) in [4.78, 5) is 0. The van der Waals surface area contributed by atoms with Gasteiger partial charge in [0.25, 0.3) is 0 Å². The van der Waals surface area contributed by atoms with Crippen LogP contribution in [0.15, 0.2) is 34.9 Å². The maximum Gasteiger partial charge on any atom is 0.0932 e. The van der Waals surface area contributed by atoms with Crippen LogP contribution in [0.2, 0.25) is 0 Å². The summed E-state index contributed by atoms with van der Waals surface area (Å²) in [5.74, 6) is 0. The van der Waals surface area contributed by atoms with Crippen molar-refractivity contribution in [1.29, 1.82) is 0 Å². The van der Waals surface area contributed by atoms with E-state index in [9.17, 15) is 0 Å². The van der Waals surface area contributed by atoms with Crippen molar-refractivity contribution < 1.29 is 0 Å². The lowest BCUT2D eigenvalue weighted by atomic mass is 10.2. The Balaban J connectivity index is 2.14. The fraction of sp³-hybridized carbons (Fsp3) is 0.200. The lowest BCUT2D eigenvalue weighted by Crippen LogP contribution is -2.00. The lowest BCUT2D eigenvalue weighted by molar-refractivity contribution is 0.649. The second kappa shape index (κ2) is 4.90. The number of nitrogens with zero attached hydrogens (tertiary/aromatic N) is 3. The number of halogens is 2. The normalized spacial score (nSPS) is 10.5. The molecule has 0 amide bonds. The van der Waals surface area contributed by atoms with E-state index in [2.05, 4.69) is 54.3 Å². The highest BCUT2D eigenvalue weighted by molar-refractivity contribution is 9.10. The van der Waals surface area contributed by atoms with Crippen LogP contribution < -0.4 is 0 Å². The Hall–Kier alpha value is -0.680. The van der Waals surface area contributed by atoms with Gasteiger partial charge in [0.1, 0.15) is 0 Å². The summed E-state index contributed by atoms with van der Waals surface area (Å²) in [5.41, 5.74) is 2.15. The van der Waals surface area contributed by atoms with Crippen molar-refractivity contribution in [3.05, 3.63) is 46.2 Å². The van der Waals surface area contributed by atoms with Crippen LogP contribution in [0.1, 0.15) is 11.3 Å². The first kappa shape index (κ1) is 10.8. The van der Waals surface area contributed by atoms with E-state index < -0.39 is 0 Å². The molecule has 0 aliphatic rings. The van der Waals surface area contributed by atoms with Gasteiger partial charge < -0.3 is 0 Å². The zero-order valence-corrected chi connectivity index (χ0v) is 11.1. The molecule has 1 aromatic carbocycles. The van der Waals surface area contributed by atoms with Gasteiger partial charge in [0.05, 0.1) is 12.2 Å². The average molecular weight is 331 g/mol. The summed E-state index contributed by atoms with van der Waals surface area (Å²) < 4.78 is 2.92. The maximum absolute atomic E-state index is 4.03. The van der Waals surface area contributed by atoms with E-state index in [0.717, 1.165) is 22.0 Å². The van der Waals surface area contributed by atoms with Crippen LogP contribution in [-0.4, -0.2) is 15.0 Å². The van der Waals surface area contributed by atoms with Crippen LogP contribution in [0, 0.1) is 0 Å². The smallest absolute Gasteiger partial charge is 0.0932 e. The molecule has 0 saturated carbocycles. The third-order valence-corrected chi connectivity index (χ3v) is 3.02. The highest BCUT2D eigenvalue weighted by Gasteiger charge is 2.00. The van der Waals surface area contributed by atoms with Gasteiger partial charge in [-0.05, 0) is 17.7 Å². The summed E-state index contributed by atoms with van der Waals surface area (Å²) in [7, 11) is 0. The van der Waals surface area contributed by atoms with Gasteiger partial charge >= 0.3 is 0 Å². The van der Waals surface area contributed by atoms with Crippen LogP contribution in [0.5, 0.6) is 0 Å². The molecule has 0 fully saturated rings. The topological polar surface area (TPSA) is 30.7 Å². The molecular weight excluding hydrogens is 322 g/mol. The van der Waals surface area contributed by atoms with Crippen molar-refractivity contribution in [3.63, 3.8) is 0 Å². The number of aromatic nitrogens is 3. The second-order valence-electron chi connectivity index (χ2n) is 3.17. The van der Waals surface area contributed by atoms with Crippen molar-refractivity contribution in [2.24, 2.45) is 0 Å². The third-order valence-electron chi connectivity index (χ3n) is 1.96. The molecule has 3 nitrogen and oxygen atoms in total. The molecule has 0 aliphatic heterocycles. The molecule has 0 radical (unpaired) electrons. The number of hydrogen-bond donors (Lipinski definition) is 0. The van der Waals surface area contributed by atoms with E-state index in [1.165, 1.54) is 5.56 Å². The number of alkyl halides is 1.